The first-order valence-electron chi connectivity index (χ1n) is 10.0. The predicted octanol–water partition coefficient (Wildman–Crippen LogP) is 4.04. The monoisotopic (exact) mass is 398 g/mol. The van der Waals surface area contributed by atoms with Gasteiger partial charge in [0.1, 0.15) is 5.69 Å². The van der Waals surface area contributed by atoms with Crippen LogP contribution in [0.4, 0.5) is 11.4 Å². The molecule has 0 spiro atoms. The van der Waals surface area contributed by atoms with Gasteiger partial charge in [-0.15, -0.1) is 0 Å². The average Bonchev–Trinajstić information content (AvgIpc) is 2.74. The van der Waals surface area contributed by atoms with Gasteiger partial charge in [0, 0.05) is 37.6 Å². The molecule has 2 aromatic rings. The number of anilines is 2. The third-order valence-corrected chi connectivity index (χ3v) is 5.74. The van der Waals surface area contributed by atoms with E-state index >= 15 is 0 Å². The molecule has 5 nitrogen and oxygen atoms in total. The van der Waals surface area contributed by atoms with Gasteiger partial charge in [0.05, 0.1) is 7.11 Å². The fourth-order valence-corrected chi connectivity index (χ4v) is 3.98. The van der Waals surface area contributed by atoms with Gasteiger partial charge >= 0.3 is 0 Å². The molecule has 1 aliphatic heterocycles. The Hall–Kier alpha value is -2.34. The maximum Gasteiger partial charge on any atom is 0.237 e. The van der Waals surface area contributed by atoms with Crippen LogP contribution >= 0.6 is 12.2 Å². The number of nitrogens with zero attached hydrogens (tertiary/aromatic N) is 3. The van der Waals surface area contributed by atoms with E-state index in [2.05, 4.69) is 64.3 Å². The van der Waals surface area contributed by atoms with Crippen molar-refractivity contribution in [3.05, 3.63) is 47.2 Å². The van der Waals surface area contributed by atoms with E-state index in [1.807, 2.05) is 6.92 Å². The lowest BCUT2D eigenvalue weighted by molar-refractivity contribution is 0.388. The highest BCUT2D eigenvalue weighted by molar-refractivity contribution is 7.80. The molecule has 1 aromatic carbocycles. The molecule has 0 saturated carbocycles. The quantitative estimate of drug-likeness (QED) is 0.767. The van der Waals surface area contributed by atoms with Crippen molar-refractivity contribution in [1.29, 1.82) is 0 Å². The summed E-state index contributed by atoms with van der Waals surface area (Å²) in [4.78, 5) is 9.25. The Kier molecular flexibility index (Phi) is 6.73. The minimum atomic E-state index is 0.590. The average molecular weight is 399 g/mol. The van der Waals surface area contributed by atoms with Crippen molar-refractivity contribution in [2.45, 2.75) is 33.6 Å². The van der Waals surface area contributed by atoms with Crippen molar-refractivity contribution in [2.24, 2.45) is 0 Å². The van der Waals surface area contributed by atoms with Crippen molar-refractivity contribution in [3.8, 4) is 5.88 Å². The maximum atomic E-state index is 5.69. The number of thiocarbonyl (C=S) groups is 1. The first kappa shape index (κ1) is 20.4. The van der Waals surface area contributed by atoms with Gasteiger partial charge in [0.2, 0.25) is 5.88 Å². The molecule has 1 aliphatic rings. The highest BCUT2D eigenvalue weighted by Gasteiger charge is 2.21. The van der Waals surface area contributed by atoms with Crippen LogP contribution in [-0.2, 0) is 12.8 Å². The fourth-order valence-electron chi connectivity index (χ4n) is 3.69. The minimum absolute atomic E-state index is 0.590. The first-order valence-corrected chi connectivity index (χ1v) is 10.4. The first-order chi connectivity index (χ1) is 13.6. The molecule has 0 radical (unpaired) electrons. The lowest BCUT2D eigenvalue weighted by Gasteiger charge is -2.38. The van der Waals surface area contributed by atoms with Crippen LogP contribution in [0.15, 0.2) is 30.3 Å². The lowest BCUT2D eigenvalue weighted by Crippen LogP contribution is -2.50. The number of hydrogen-bond acceptors (Lipinski definition) is 4. The van der Waals surface area contributed by atoms with E-state index in [0.29, 0.717) is 5.88 Å². The highest BCUT2D eigenvalue weighted by atomic mass is 32.1. The van der Waals surface area contributed by atoms with Crippen molar-refractivity contribution in [2.75, 3.05) is 43.5 Å². The van der Waals surface area contributed by atoms with E-state index < -0.39 is 0 Å². The van der Waals surface area contributed by atoms with Crippen molar-refractivity contribution >= 4 is 28.7 Å². The standard InChI is InChI=1S/C22H30N4OS/c1-5-17-9-7-8-10-20(17)25-11-13-26(14-12-25)22(28)24-19-15-18(6-2)16(3)23-21(19)27-4/h7-10,15H,5-6,11-14H2,1-4H3,(H,24,28). The minimum Gasteiger partial charge on any atom is -0.480 e. The molecule has 1 aromatic heterocycles. The van der Waals surface area contributed by atoms with Crippen molar-refractivity contribution < 1.29 is 4.74 Å². The van der Waals surface area contributed by atoms with Crippen molar-refractivity contribution in [3.63, 3.8) is 0 Å². The Labute approximate surface area is 173 Å². The number of pyridine rings is 1. The van der Waals surface area contributed by atoms with E-state index in [4.69, 9.17) is 17.0 Å². The fraction of sp³-hybridized carbons (Fsp3) is 0.455. The molecule has 1 saturated heterocycles. The van der Waals surface area contributed by atoms with Crippen LogP contribution < -0.4 is 15.0 Å². The number of methoxy groups -OCH3 is 1. The second-order valence-electron chi connectivity index (χ2n) is 7.03. The normalized spacial score (nSPS) is 14.1. The Bertz CT molecular complexity index is 831. The number of aromatic nitrogens is 1. The third-order valence-electron chi connectivity index (χ3n) is 5.38. The van der Waals surface area contributed by atoms with Gasteiger partial charge in [-0.1, -0.05) is 32.0 Å². The van der Waals surface area contributed by atoms with Crippen LogP contribution in [0.25, 0.3) is 0 Å². The maximum absolute atomic E-state index is 5.69. The number of benzene rings is 1. The summed E-state index contributed by atoms with van der Waals surface area (Å²) in [5.74, 6) is 0.590. The zero-order chi connectivity index (χ0) is 20.1. The van der Waals surface area contributed by atoms with Crippen molar-refractivity contribution in [1.82, 2.24) is 9.88 Å². The van der Waals surface area contributed by atoms with Crippen LogP contribution in [0.2, 0.25) is 0 Å². The molecule has 3 rings (SSSR count). The molecule has 0 bridgehead atoms. The largest absolute Gasteiger partial charge is 0.480 e. The Balaban J connectivity index is 1.66. The Morgan fingerprint density at radius 3 is 2.43 bits per heavy atom. The van der Waals surface area contributed by atoms with E-state index in [1.165, 1.54) is 16.8 Å². The van der Waals surface area contributed by atoms with E-state index in [-0.39, 0.29) is 0 Å². The topological polar surface area (TPSA) is 40.6 Å². The summed E-state index contributed by atoms with van der Waals surface area (Å²) >= 11 is 5.69. The number of ether oxygens (including phenoxy) is 1. The number of nitrogens with one attached hydrogen (secondary N) is 1. The van der Waals surface area contributed by atoms with Crippen LogP contribution in [0.1, 0.15) is 30.7 Å². The molecule has 2 heterocycles. The molecular weight excluding hydrogens is 368 g/mol. The van der Waals surface area contributed by atoms with Gasteiger partial charge in [-0.05, 0) is 55.2 Å². The molecule has 28 heavy (non-hydrogen) atoms. The van der Waals surface area contributed by atoms with Gasteiger partial charge in [0.25, 0.3) is 0 Å². The molecule has 0 amide bonds. The molecule has 6 heteroatoms. The van der Waals surface area contributed by atoms with Gasteiger partial charge in [-0.2, -0.15) is 0 Å². The SMILES string of the molecule is CCc1ccccc1N1CCN(C(=S)Nc2cc(CC)c(C)nc2OC)CC1. The lowest BCUT2D eigenvalue weighted by atomic mass is 10.1. The predicted molar refractivity (Wildman–Crippen MR) is 121 cm³/mol. The van der Waals surface area contributed by atoms with Crippen LogP contribution in [0, 0.1) is 6.92 Å². The smallest absolute Gasteiger partial charge is 0.237 e. The third kappa shape index (κ3) is 4.38. The number of rotatable bonds is 5. The summed E-state index contributed by atoms with van der Waals surface area (Å²) in [6.07, 6.45) is 1.98. The summed E-state index contributed by atoms with van der Waals surface area (Å²) < 4.78 is 5.45. The summed E-state index contributed by atoms with van der Waals surface area (Å²) in [6, 6.07) is 10.8. The highest BCUT2D eigenvalue weighted by Crippen LogP contribution is 2.26. The molecule has 0 unspecified atom stereocenters. The van der Waals surface area contributed by atoms with Crippen LogP contribution in [0.5, 0.6) is 5.88 Å². The second-order valence-corrected chi connectivity index (χ2v) is 7.42. The summed E-state index contributed by atoms with van der Waals surface area (Å²) in [5, 5.41) is 4.09. The second kappa shape index (κ2) is 9.24. The molecule has 0 atom stereocenters. The van der Waals surface area contributed by atoms with E-state index in [0.717, 1.165) is 55.5 Å². The summed E-state index contributed by atoms with van der Waals surface area (Å²) in [7, 11) is 1.64. The number of hydrogen-bond donors (Lipinski definition) is 1. The Morgan fingerprint density at radius 2 is 1.79 bits per heavy atom. The van der Waals surface area contributed by atoms with Crippen LogP contribution in [0.3, 0.4) is 0 Å². The molecule has 0 aliphatic carbocycles. The number of aryl methyl sites for hydroxylation is 3. The zero-order valence-electron chi connectivity index (χ0n) is 17.3. The summed E-state index contributed by atoms with van der Waals surface area (Å²) in [5.41, 5.74) is 5.79. The van der Waals surface area contributed by atoms with E-state index in [1.54, 1.807) is 7.11 Å². The number of piperazine rings is 1. The van der Waals surface area contributed by atoms with Crippen LogP contribution in [-0.4, -0.2) is 48.3 Å². The van der Waals surface area contributed by atoms with Gasteiger partial charge in [0.15, 0.2) is 5.11 Å². The van der Waals surface area contributed by atoms with Gasteiger partial charge in [-0.25, -0.2) is 4.98 Å². The van der Waals surface area contributed by atoms with Gasteiger partial charge < -0.3 is 19.9 Å². The molecule has 1 N–H and O–H groups in total. The van der Waals surface area contributed by atoms with E-state index in [9.17, 15) is 0 Å². The molecule has 1 fully saturated rings. The molecule has 150 valence electrons. The van der Waals surface area contributed by atoms with Gasteiger partial charge in [-0.3, -0.25) is 0 Å². The number of para-hydroxylation sites is 1. The molecular formula is C22H30N4OS. The Morgan fingerprint density at radius 1 is 1.11 bits per heavy atom. The zero-order valence-corrected chi connectivity index (χ0v) is 18.1. The summed E-state index contributed by atoms with van der Waals surface area (Å²) in [6.45, 7) is 10.1.